The summed E-state index contributed by atoms with van der Waals surface area (Å²) in [6.07, 6.45) is 1.99. The lowest BCUT2D eigenvalue weighted by molar-refractivity contribution is -0.121. The maximum atomic E-state index is 14.0. The molecule has 3 aromatic carbocycles. The molecule has 5 rings (SSSR count). The van der Waals surface area contributed by atoms with Crippen LogP contribution in [0.2, 0.25) is 10.0 Å². The molecule has 1 saturated carbocycles. The number of aliphatic hydroxyl groups excluding tert-OH is 1. The number of hydrogen-bond acceptors (Lipinski definition) is 4. The van der Waals surface area contributed by atoms with Crippen LogP contribution in [0.1, 0.15) is 59.1 Å². The first-order chi connectivity index (χ1) is 18.4. The highest BCUT2D eigenvalue weighted by atomic mass is 35.5. The minimum Gasteiger partial charge on any atom is -0.393 e. The second kappa shape index (κ2) is 11.5. The molecular formula is C30H25Cl2N3O3. The lowest BCUT2D eigenvalue weighted by Gasteiger charge is -2.47. The smallest absolute Gasteiger partial charge is 0.264 e. The van der Waals surface area contributed by atoms with Gasteiger partial charge >= 0.3 is 0 Å². The highest BCUT2D eigenvalue weighted by molar-refractivity contribution is 6.35. The fourth-order valence-electron chi connectivity index (χ4n) is 5.37. The Hall–Kier alpha value is -3.50. The van der Waals surface area contributed by atoms with Crippen molar-refractivity contribution in [1.29, 1.82) is 0 Å². The van der Waals surface area contributed by atoms with E-state index in [1.54, 1.807) is 59.5 Å². The van der Waals surface area contributed by atoms with Gasteiger partial charge in [-0.05, 0) is 67.1 Å². The van der Waals surface area contributed by atoms with Gasteiger partial charge in [-0.2, -0.15) is 9.98 Å². The Morgan fingerprint density at radius 3 is 2.34 bits per heavy atom. The fraction of sp³-hybridized carbons (Fsp3) is 0.267. The third-order valence-corrected chi connectivity index (χ3v) is 7.70. The van der Waals surface area contributed by atoms with Gasteiger partial charge in [0.25, 0.3) is 11.8 Å². The maximum absolute atomic E-state index is 14.0. The van der Waals surface area contributed by atoms with Gasteiger partial charge in [-0.3, -0.25) is 9.59 Å². The summed E-state index contributed by atoms with van der Waals surface area (Å²) in [6.45, 7) is 0. The van der Waals surface area contributed by atoms with Crippen molar-refractivity contribution >= 4 is 52.4 Å². The van der Waals surface area contributed by atoms with Crippen LogP contribution in [0.5, 0.6) is 0 Å². The van der Waals surface area contributed by atoms with Crippen molar-refractivity contribution in [3.63, 3.8) is 0 Å². The number of hydrogen-bond donors (Lipinski definition) is 1. The zero-order chi connectivity index (χ0) is 26.6. The van der Waals surface area contributed by atoms with Crippen molar-refractivity contribution in [2.45, 2.75) is 49.8 Å². The average molecular weight is 546 g/mol. The number of para-hydroxylation sites is 1. The summed E-state index contributed by atoms with van der Waals surface area (Å²) in [5.41, 5.74) is 2.31. The van der Waals surface area contributed by atoms with Gasteiger partial charge in [-0.25, -0.2) is 0 Å². The lowest BCUT2D eigenvalue weighted by Crippen LogP contribution is -2.51. The van der Waals surface area contributed by atoms with E-state index >= 15 is 0 Å². The normalized spacial score (nSPS) is 22.6. The van der Waals surface area contributed by atoms with Crippen LogP contribution in [0.25, 0.3) is 0 Å². The first kappa shape index (κ1) is 26.1. The Kier molecular flexibility index (Phi) is 7.90. The number of halogens is 2. The van der Waals surface area contributed by atoms with E-state index in [4.69, 9.17) is 23.2 Å². The molecule has 0 bridgehead atoms. The van der Waals surface area contributed by atoms with E-state index in [1.807, 2.05) is 18.2 Å². The number of aliphatic hydroxyl groups is 1. The van der Waals surface area contributed by atoms with Crippen molar-refractivity contribution in [3.8, 4) is 0 Å². The van der Waals surface area contributed by atoms with E-state index in [0.717, 1.165) is 0 Å². The average Bonchev–Trinajstić information content (AvgIpc) is 2.92. The van der Waals surface area contributed by atoms with Crippen molar-refractivity contribution in [3.05, 3.63) is 99.5 Å². The SMILES string of the molecule is O=C(N=C=C=Nc1ccccc1)[C@@H]1c2ccccc2C(=O)N(C2CCC(O)CC2)[C@H]1c1ccc(Cl)cc1Cl. The Morgan fingerprint density at radius 1 is 0.895 bits per heavy atom. The number of carbonyl (C=O) groups is 2. The highest BCUT2D eigenvalue weighted by Gasteiger charge is 2.47. The van der Waals surface area contributed by atoms with E-state index < -0.39 is 24.0 Å². The molecule has 2 aliphatic rings. The minimum absolute atomic E-state index is 0.174. The minimum atomic E-state index is -0.833. The molecule has 1 aliphatic carbocycles. The van der Waals surface area contributed by atoms with Crippen LogP contribution in [0.3, 0.4) is 0 Å². The molecule has 192 valence electrons. The van der Waals surface area contributed by atoms with Crippen molar-refractivity contribution < 1.29 is 14.7 Å². The lowest BCUT2D eigenvalue weighted by atomic mass is 9.77. The van der Waals surface area contributed by atoms with E-state index in [0.29, 0.717) is 58.1 Å². The Morgan fingerprint density at radius 2 is 1.61 bits per heavy atom. The summed E-state index contributed by atoms with van der Waals surface area (Å²) in [7, 11) is 0. The van der Waals surface area contributed by atoms with E-state index in [2.05, 4.69) is 21.7 Å². The number of benzene rings is 3. The summed E-state index contributed by atoms with van der Waals surface area (Å²) >= 11 is 12.9. The van der Waals surface area contributed by atoms with Crippen molar-refractivity contribution in [1.82, 2.24) is 4.90 Å². The number of rotatable bonds is 4. The molecule has 1 fully saturated rings. The molecule has 0 unspecified atom stereocenters. The van der Waals surface area contributed by atoms with Crippen LogP contribution in [0, 0.1) is 0 Å². The maximum Gasteiger partial charge on any atom is 0.264 e. The molecule has 1 heterocycles. The molecule has 1 aliphatic heterocycles. The monoisotopic (exact) mass is 545 g/mol. The van der Waals surface area contributed by atoms with Gasteiger partial charge in [-0.15, -0.1) is 0 Å². The Labute approximate surface area is 230 Å². The topological polar surface area (TPSA) is 82.3 Å². The zero-order valence-electron chi connectivity index (χ0n) is 20.4. The van der Waals surface area contributed by atoms with Crippen LogP contribution >= 0.6 is 23.2 Å². The fourth-order valence-corrected chi connectivity index (χ4v) is 5.89. The van der Waals surface area contributed by atoms with Crippen molar-refractivity contribution in [2.75, 3.05) is 0 Å². The predicted octanol–water partition coefficient (Wildman–Crippen LogP) is 6.33. The molecule has 38 heavy (non-hydrogen) atoms. The molecule has 0 spiro atoms. The molecular weight excluding hydrogens is 521 g/mol. The molecule has 6 nitrogen and oxygen atoms in total. The zero-order valence-corrected chi connectivity index (χ0v) is 21.9. The third kappa shape index (κ3) is 5.37. The highest BCUT2D eigenvalue weighted by Crippen LogP contribution is 2.48. The Bertz CT molecular complexity index is 1450. The van der Waals surface area contributed by atoms with Gasteiger partial charge in [-0.1, -0.05) is 65.7 Å². The Balaban J connectivity index is 1.63. The van der Waals surface area contributed by atoms with Gasteiger partial charge in [0.1, 0.15) is 0 Å². The number of amides is 2. The predicted molar refractivity (Wildman–Crippen MR) is 149 cm³/mol. The largest absolute Gasteiger partial charge is 0.393 e. The van der Waals surface area contributed by atoms with Gasteiger partial charge in [0.05, 0.1) is 35.5 Å². The summed E-state index contributed by atoms with van der Waals surface area (Å²) in [6, 6.07) is 20.5. The summed E-state index contributed by atoms with van der Waals surface area (Å²) < 4.78 is 0. The number of nitrogens with zero attached hydrogens (tertiary/aromatic N) is 3. The van der Waals surface area contributed by atoms with E-state index in [1.165, 1.54) is 0 Å². The standard InChI is InChI=1S/C30H25Cl2N3O3/c31-19-10-15-25(26(32)18-19)28-27(29(37)34-17-16-33-20-6-2-1-3-7-20)23-8-4-5-9-24(23)30(38)35(28)21-11-13-22(36)14-12-21/h1-10,15,18,21-22,27-28,36H,11-14H2/t21?,22?,27-,28+/m1/s1. The van der Waals surface area contributed by atoms with E-state index in [-0.39, 0.29) is 11.9 Å². The first-order valence-corrected chi connectivity index (χ1v) is 13.2. The third-order valence-electron chi connectivity index (χ3n) is 7.14. The van der Waals surface area contributed by atoms with Crippen LogP contribution in [0.15, 0.2) is 82.8 Å². The van der Waals surface area contributed by atoms with Gasteiger partial charge in [0, 0.05) is 21.7 Å². The van der Waals surface area contributed by atoms with Gasteiger partial charge < -0.3 is 10.0 Å². The number of fused-ring (bicyclic) bond motifs is 1. The summed E-state index contributed by atoms with van der Waals surface area (Å²) in [5, 5.41) is 10.9. The molecule has 3 aromatic rings. The summed E-state index contributed by atoms with van der Waals surface area (Å²) in [4.78, 5) is 37.7. The molecule has 2 atom stereocenters. The second-order valence-corrected chi connectivity index (χ2v) is 10.3. The quantitative estimate of drug-likeness (QED) is 0.388. The van der Waals surface area contributed by atoms with Gasteiger partial charge in [0.15, 0.2) is 0 Å². The first-order valence-electron chi connectivity index (χ1n) is 12.5. The molecule has 0 radical (unpaired) electrons. The van der Waals surface area contributed by atoms with Crippen LogP contribution in [-0.4, -0.2) is 45.7 Å². The van der Waals surface area contributed by atoms with Crippen LogP contribution < -0.4 is 0 Å². The molecule has 1 N–H and O–H groups in total. The van der Waals surface area contributed by atoms with Crippen LogP contribution in [0.4, 0.5) is 5.69 Å². The number of carbonyl (C=O) groups excluding carboxylic acids is 2. The molecule has 0 saturated heterocycles. The molecule has 0 aromatic heterocycles. The number of aliphatic imine (C=N–C) groups is 2. The second-order valence-electron chi connectivity index (χ2n) is 9.47. The van der Waals surface area contributed by atoms with Crippen LogP contribution in [-0.2, 0) is 4.79 Å². The summed E-state index contributed by atoms with van der Waals surface area (Å²) in [5.74, 6) is 3.63. The molecule has 8 heteroatoms. The van der Waals surface area contributed by atoms with Gasteiger partial charge in [0.2, 0.25) is 0 Å². The van der Waals surface area contributed by atoms with E-state index in [9.17, 15) is 14.7 Å². The molecule has 2 amide bonds. The van der Waals surface area contributed by atoms with Crippen molar-refractivity contribution in [2.24, 2.45) is 9.98 Å².